The number of hydrogen-bond donors (Lipinski definition) is 2. The van der Waals surface area contributed by atoms with Gasteiger partial charge in [0.2, 0.25) is 11.8 Å². The molecule has 1 saturated heterocycles. The molecule has 0 spiro atoms. The van der Waals surface area contributed by atoms with Gasteiger partial charge in [0.1, 0.15) is 0 Å². The lowest BCUT2D eigenvalue weighted by Crippen LogP contribution is -2.44. The van der Waals surface area contributed by atoms with E-state index in [1.54, 1.807) is 6.92 Å². The molecule has 5 nitrogen and oxygen atoms in total. The monoisotopic (exact) mass is 370 g/mol. The van der Waals surface area contributed by atoms with Crippen LogP contribution in [0.15, 0.2) is 24.3 Å². The summed E-state index contributed by atoms with van der Waals surface area (Å²) in [5, 5.41) is 5.48. The van der Waals surface area contributed by atoms with E-state index in [9.17, 15) is 14.4 Å². The molecule has 146 valence electrons. The van der Waals surface area contributed by atoms with E-state index in [0.29, 0.717) is 18.0 Å². The molecule has 2 unspecified atom stereocenters. The van der Waals surface area contributed by atoms with Crippen LogP contribution in [-0.4, -0.2) is 23.1 Å². The van der Waals surface area contributed by atoms with Gasteiger partial charge in [0.05, 0.1) is 5.54 Å². The summed E-state index contributed by atoms with van der Waals surface area (Å²) in [7, 11) is 0. The molecule has 2 amide bonds. The first-order chi connectivity index (χ1) is 12.8. The van der Waals surface area contributed by atoms with E-state index < -0.39 is 23.3 Å². The number of carbonyl (C=O) groups is 3. The highest BCUT2D eigenvalue weighted by Crippen LogP contribution is 2.33. The minimum absolute atomic E-state index is 0.244. The summed E-state index contributed by atoms with van der Waals surface area (Å²) in [5.41, 5.74) is 0.961. The number of nitrogens with one attached hydrogen (secondary N) is 2. The summed E-state index contributed by atoms with van der Waals surface area (Å²) in [5.74, 6) is -1.81. The summed E-state index contributed by atoms with van der Waals surface area (Å²) in [6.07, 6.45) is 6.83. The Hall–Kier alpha value is -2.17. The molecule has 0 bridgehead atoms. The smallest absolute Gasteiger partial charge is 0.244 e. The van der Waals surface area contributed by atoms with Gasteiger partial charge < -0.3 is 10.6 Å². The molecule has 0 aromatic heterocycles. The quantitative estimate of drug-likeness (QED) is 0.774. The van der Waals surface area contributed by atoms with Crippen LogP contribution >= 0.6 is 0 Å². The van der Waals surface area contributed by atoms with Gasteiger partial charge >= 0.3 is 0 Å². The number of carbonyl (C=O) groups excluding carboxylic acids is 3. The number of anilines is 1. The van der Waals surface area contributed by atoms with E-state index in [1.165, 1.54) is 37.7 Å². The van der Waals surface area contributed by atoms with Gasteiger partial charge in [-0.1, -0.05) is 45.2 Å². The predicted octanol–water partition coefficient (Wildman–Crippen LogP) is 3.79. The van der Waals surface area contributed by atoms with Crippen molar-refractivity contribution >= 4 is 23.3 Å². The molecule has 27 heavy (non-hydrogen) atoms. The van der Waals surface area contributed by atoms with Crippen molar-refractivity contribution in [3.63, 3.8) is 0 Å². The lowest BCUT2D eigenvalue weighted by molar-refractivity contribution is -0.135. The van der Waals surface area contributed by atoms with Crippen LogP contribution in [0.2, 0.25) is 0 Å². The Bertz CT molecular complexity index is 720. The van der Waals surface area contributed by atoms with Gasteiger partial charge in [-0.3, -0.25) is 14.4 Å². The van der Waals surface area contributed by atoms with Crippen molar-refractivity contribution in [2.75, 3.05) is 5.32 Å². The van der Waals surface area contributed by atoms with Gasteiger partial charge in [-0.15, -0.1) is 0 Å². The maximum Gasteiger partial charge on any atom is 0.244 e. The molecule has 0 radical (unpaired) electrons. The van der Waals surface area contributed by atoms with Crippen molar-refractivity contribution in [1.82, 2.24) is 5.32 Å². The zero-order valence-electron chi connectivity index (χ0n) is 16.5. The molecule has 5 heteroatoms. The Kier molecular flexibility index (Phi) is 5.68. The summed E-state index contributed by atoms with van der Waals surface area (Å²) in [6, 6.07) is 7.83. The van der Waals surface area contributed by atoms with E-state index >= 15 is 0 Å². The van der Waals surface area contributed by atoms with Crippen molar-refractivity contribution in [1.29, 1.82) is 0 Å². The van der Waals surface area contributed by atoms with Crippen LogP contribution in [0.5, 0.6) is 0 Å². The van der Waals surface area contributed by atoms with Gasteiger partial charge in [-0.05, 0) is 55.7 Å². The summed E-state index contributed by atoms with van der Waals surface area (Å²) in [6.45, 7) is 5.69. The van der Waals surface area contributed by atoms with Gasteiger partial charge in [-0.25, -0.2) is 0 Å². The first-order valence-electron chi connectivity index (χ1n) is 10.1. The first kappa shape index (κ1) is 19.6. The molecule has 2 fully saturated rings. The van der Waals surface area contributed by atoms with Gasteiger partial charge in [0.15, 0.2) is 11.7 Å². The zero-order valence-corrected chi connectivity index (χ0v) is 16.5. The minimum atomic E-state index is -1.27. The molecule has 1 aromatic rings. The Morgan fingerprint density at radius 3 is 2.37 bits per heavy atom. The van der Waals surface area contributed by atoms with E-state index in [4.69, 9.17) is 0 Å². The van der Waals surface area contributed by atoms with Gasteiger partial charge in [0, 0.05) is 5.69 Å². The van der Waals surface area contributed by atoms with Crippen LogP contribution in [0, 0.1) is 11.8 Å². The Morgan fingerprint density at radius 2 is 1.78 bits per heavy atom. The second kappa shape index (κ2) is 7.83. The van der Waals surface area contributed by atoms with Crippen molar-refractivity contribution in [2.24, 2.45) is 11.8 Å². The predicted molar refractivity (Wildman–Crippen MR) is 105 cm³/mol. The molecule has 2 aliphatic rings. The third-order valence-corrected chi connectivity index (χ3v) is 5.80. The number of hydrogen-bond acceptors (Lipinski definition) is 3. The zero-order chi connectivity index (χ0) is 19.6. The summed E-state index contributed by atoms with van der Waals surface area (Å²) in [4.78, 5) is 37.6. The van der Waals surface area contributed by atoms with E-state index in [-0.39, 0.29) is 11.7 Å². The van der Waals surface area contributed by atoms with Crippen LogP contribution < -0.4 is 10.6 Å². The molecular weight excluding hydrogens is 340 g/mol. The van der Waals surface area contributed by atoms with E-state index in [1.807, 2.05) is 38.1 Å². The fourth-order valence-corrected chi connectivity index (χ4v) is 4.54. The molecule has 1 aliphatic carbocycles. The highest BCUT2D eigenvalue weighted by Gasteiger charge is 2.52. The fraction of sp³-hybridized carbons (Fsp3) is 0.591. The first-order valence-corrected chi connectivity index (χ1v) is 10.1. The summed E-state index contributed by atoms with van der Waals surface area (Å²) >= 11 is 0. The van der Waals surface area contributed by atoms with Crippen LogP contribution in [0.4, 0.5) is 5.69 Å². The Morgan fingerprint density at radius 1 is 1.15 bits per heavy atom. The topological polar surface area (TPSA) is 75.3 Å². The second-order valence-corrected chi connectivity index (χ2v) is 8.66. The lowest BCUT2D eigenvalue weighted by Gasteiger charge is -2.24. The third-order valence-electron chi connectivity index (χ3n) is 5.80. The number of rotatable bonds is 5. The molecule has 2 atom stereocenters. The summed E-state index contributed by atoms with van der Waals surface area (Å²) < 4.78 is 0. The molecule has 1 saturated carbocycles. The fourth-order valence-electron chi connectivity index (χ4n) is 4.54. The highest BCUT2D eigenvalue weighted by molar-refractivity contribution is 6.27. The van der Waals surface area contributed by atoms with Crippen molar-refractivity contribution in [3.05, 3.63) is 29.8 Å². The molecule has 3 rings (SSSR count). The number of Topliss-reactive ketones (excluding diaryl/α,β-unsaturated/α-hetero) is 1. The second-order valence-electron chi connectivity index (χ2n) is 8.66. The van der Waals surface area contributed by atoms with Crippen LogP contribution in [0.25, 0.3) is 0 Å². The largest absolute Gasteiger partial charge is 0.343 e. The average molecular weight is 370 g/mol. The van der Waals surface area contributed by atoms with Crippen LogP contribution in [0.1, 0.15) is 70.8 Å². The molecule has 1 heterocycles. The van der Waals surface area contributed by atoms with Crippen molar-refractivity contribution in [3.8, 4) is 0 Å². The Labute approximate surface area is 161 Å². The number of amides is 2. The van der Waals surface area contributed by atoms with Crippen molar-refractivity contribution in [2.45, 2.75) is 70.8 Å². The number of ketones is 1. The standard InChI is InChI=1S/C22H30N2O3/c1-14(2)13-22(3)19(25)18(21(27)24-22)20(26)23-17-11-9-16(10-12-17)15-7-5-4-6-8-15/h9-12,14-15,18H,4-8,13H2,1-3H3,(H,23,26)(H,24,27). The van der Waals surface area contributed by atoms with Gasteiger partial charge in [-0.2, -0.15) is 0 Å². The highest BCUT2D eigenvalue weighted by atomic mass is 16.2. The van der Waals surface area contributed by atoms with Crippen molar-refractivity contribution < 1.29 is 14.4 Å². The molecule has 2 N–H and O–H groups in total. The normalized spacial score (nSPS) is 26.3. The third kappa shape index (κ3) is 4.23. The SMILES string of the molecule is CC(C)CC1(C)NC(=O)C(C(=O)Nc2ccc(C3CCCCC3)cc2)C1=O. The molecule has 1 aliphatic heterocycles. The minimum Gasteiger partial charge on any atom is -0.343 e. The van der Waals surface area contributed by atoms with E-state index in [0.717, 1.165) is 0 Å². The number of benzene rings is 1. The molecular formula is C22H30N2O3. The van der Waals surface area contributed by atoms with Crippen LogP contribution in [0.3, 0.4) is 0 Å². The maximum absolute atomic E-state index is 12.7. The molecule has 1 aromatic carbocycles. The van der Waals surface area contributed by atoms with Crippen LogP contribution in [-0.2, 0) is 14.4 Å². The van der Waals surface area contributed by atoms with E-state index in [2.05, 4.69) is 10.6 Å². The average Bonchev–Trinajstić information content (AvgIpc) is 2.84. The maximum atomic E-state index is 12.7. The lowest BCUT2D eigenvalue weighted by atomic mass is 9.84. The Balaban J connectivity index is 1.66. The van der Waals surface area contributed by atoms with Gasteiger partial charge in [0.25, 0.3) is 0 Å².